The summed E-state index contributed by atoms with van der Waals surface area (Å²) in [7, 11) is 0. The molecular weight excluding hydrogens is 1050 g/mol. The Bertz CT molecular complexity index is 3320. The number of amides is 8. The summed E-state index contributed by atoms with van der Waals surface area (Å²) in [5.41, 5.74) is 2.69. The van der Waals surface area contributed by atoms with E-state index in [9.17, 15) is 53.1 Å². The number of benzene rings is 2. The quantitative estimate of drug-likeness (QED) is 0.0191. The molecule has 426 valence electrons. The van der Waals surface area contributed by atoms with E-state index in [0.717, 1.165) is 32.5 Å². The molecule has 3 aliphatic heterocycles. The van der Waals surface area contributed by atoms with Crippen LogP contribution in [0, 0.1) is 18.7 Å². The Morgan fingerprint density at radius 3 is 2.31 bits per heavy atom. The second-order valence-corrected chi connectivity index (χ2v) is 21.0. The molecule has 81 heavy (non-hydrogen) atoms. The maximum absolute atomic E-state index is 15.4. The molecule has 22 nitrogen and oxygen atoms in total. The molecular formula is C58H64FN9O13. The monoisotopic (exact) mass is 1110 g/mol. The van der Waals surface area contributed by atoms with Crippen LogP contribution >= 0.6 is 0 Å². The van der Waals surface area contributed by atoms with Gasteiger partial charge in [0.25, 0.3) is 17.4 Å². The SMILES string of the molecule is CC[C@@]1(O)C(=O)OCc2c1cc1n(c2=O)Cc2c-1nc1cc(F)c(C)c3c1c2C(C=NC(=O)C1CCC(OCNC(=O)CNC(=O)[C@H](Cc2ccccc2)NC(=O)CNC(=O)CNC(=O)CCCCCN2C(=O)C=CC2=O)CC1)CC3. The van der Waals surface area contributed by atoms with Crippen LogP contribution in [0.4, 0.5) is 4.39 Å². The zero-order chi connectivity index (χ0) is 57.5. The highest BCUT2D eigenvalue weighted by Crippen LogP contribution is 2.46. The Kier molecular flexibility index (Phi) is 17.7. The van der Waals surface area contributed by atoms with Crippen molar-refractivity contribution in [2.45, 2.75) is 128 Å². The number of aromatic nitrogens is 2. The molecule has 2 aromatic carbocycles. The molecule has 6 N–H and O–H groups in total. The Morgan fingerprint density at radius 2 is 1.57 bits per heavy atom. The molecule has 2 aromatic heterocycles. The summed E-state index contributed by atoms with van der Waals surface area (Å²) in [5.74, 6) is -5.95. The lowest BCUT2D eigenvalue weighted by molar-refractivity contribution is -0.172. The van der Waals surface area contributed by atoms with Crippen molar-refractivity contribution in [1.29, 1.82) is 0 Å². The van der Waals surface area contributed by atoms with Crippen molar-refractivity contribution in [2.24, 2.45) is 10.9 Å². The molecule has 0 spiro atoms. The van der Waals surface area contributed by atoms with Gasteiger partial charge in [0.05, 0.1) is 54.8 Å². The first-order valence-corrected chi connectivity index (χ1v) is 27.4. The number of aliphatic imine (C=N–C) groups is 1. The molecule has 1 unspecified atom stereocenters. The number of aryl methyl sites for hydroxylation is 1. The summed E-state index contributed by atoms with van der Waals surface area (Å²) in [6.45, 7) is 1.98. The number of hydrogen-bond donors (Lipinski definition) is 6. The lowest BCUT2D eigenvalue weighted by Crippen LogP contribution is -2.52. The van der Waals surface area contributed by atoms with Crippen molar-refractivity contribution < 1.29 is 62.1 Å². The van der Waals surface area contributed by atoms with Crippen LogP contribution in [0.15, 0.2) is 64.4 Å². The number of nitrogens with one attached hydrogen (secondary N) is 5. The van der Waals surface area contributed by atoms with E-state index < -0.39 is 65.7 Å². The first-order valence-electron chi connectivity index (χ1n) is 27.4. The summed E-state index contributed by atoms with van der Waals surface area (Å²) >= 11 is 0. The number of pyridine rings is 2. The number of aliphatic hydroxyl groups is 1. The molecule has 5 heterocycles. The first-order chi connectivity index (χ1) is 38.9. The predicted molar refractivity (Wildman–Crippen MR) is 289 cm³/mol. The highest BCUT2D eigenvalue weighted by Gasteiger charge is 2.46. The molecule has 23 heteroatoms. The van der Waals surface area contributed by atoms with E-state index in [1.54, 1.807) is 56.5 Å². The summed E-state index contributed by atoms with van der Waals surface area (Å²) < 4.78 is 28.2. The van der Waals surface area contributed by atoms with Gasteiger partial charge in [0.2, 0.25) is 35.4 Å². The Balaban J connectivity index is 0.720. The number of hydrogen-bond acceptors (Lipinski definition) is 14. The topological polar surface area (TPSA) is 303 Å². The van der Waals surface area contributed by atoms with Crippen LogP contribution in [0.25, 0.3) is 22.3 Å². The third kappa shape index (κ3) is 12.7. The van der Waals surface area contributed by atoms with Gasteiger partial charge < -0.3 is 45.7 Å². The van der Waals surface area contributed by atoms with E-state index in [1.165, 1.54) is 22.8 Å². The van der Waals surface area contributed by atoms with Crippen molar-refractivity contribution in [3.05, 3.63) is 110 Å². The average molecular weight is 1110 g/mol. The van der Waals surface area contributed by atoms with Crippen molar-refractivity contribution in [3.63, 3.8) is 0 Å². The maximum Gasteiger partial charge on any atom is 0.343 e. The fourth-order valence-corrected chi connectivity index (χ4v) is 11.3. The molecule has 8 amide bonds. The van der Waals surface area contributed by atoms with E-state index in [0.29, 0.717) is 80.3 Å². The number of unbranched alkanes of at least 4 members (excludes halogenated alkanes) is 2. The highest BCUT2D eigenvalue weighted by atomic mass is 19.1. The van der Waals surface area contributed by atoms with Crippen LogP contribution in [0.2, 0.25) is 0 Å². The highest BCUT2D eigenvalue weighted by molar-refractivity contribution is 6.12. The predicted octanol–water partition coefficient (Wildman–Crippen LogP) is 2.36. The van der Waals surface area contributed by atoms with Gasteiger partial charge in [-0.1, -0.05) is 43.7 Å². The van der Waals surface area contributed by atoms with Crippen molar-refractivity contribution in [1.82, 2.24) is 41.0 Å². The fourth-order valence-electron chi connectivity index (χ4n) is 11.3. The molecule has 3 atom stereocenters. The lowest BCUT2D eigenvalue weighted by atomic mass is 9.78. The number of carbonyl (C=O) groups excluding carboxylic acids is 9. The van der Waals surface area contributed by atoms with E-state index in [4.69, 9.17) is 14.5 Å². The van der Waals surface area contributed by atoms with Gasteiger partial charge in [-0.15, -0.1) is 0 Å². The number of ether oxygens (including phenoxy) is 2. The molecule has 2 aliphatic carbocycles. The molecule has 0 bridgehead atoms. The molecule has 0 radical (unpaired) electrons. The molecule has 1 saturated carbocycles. The number of esters is 1. The van der Waals surface area contributed by atoms with Crippen LogP contribution < -0.4 is 32.1 Å². The number of halogens is 1. The van der Waals surface area contributed by atoms with E-state index in [2.05, 4.69) is 31.6 Å². The normalized spacial score (nSPS) is 20.1. The van der Waals surface area contributed by atoms with Crippen LogP contribution in [0.5, 0.6) is 0 Å². The minimum Gasteiger partial charge on any atom is -0.458 e. The van der Waals surface area contributed by atoms with Crippen molar-refractivity contribution in [3.8, 4) is 11.4 Å². The van der Waals surface area contributed by atoms with Gasteiger partial charge in [0, 0.05) is 72.2 Å². The second kappa shape index (κ2) is 25.0. The van der Waals surface area contributed by atoms with Gasteiger partial charge in [-0.05, 0) is 93.0 Å². The average Bonchev–Trinajstić information content (AvgIpc) is 4.14. The molecule has 1 fully saturated rings. The number of fused-ring (bicyclic) bond motifs is 5. The minimum absolute atomic E-state index is 0.0203. The Hall–Kier alpha value is -8.31. The first kappa shape index (κ1) is 57.4. The summed E-state index contributed by atoms with van der Waals surface area (Å²) in [5, 5.41) is 24.8. The van der Waals surface area contributed by atoms with E-state index >= 15 is 4.39 Å². The maximum atomic E-state index is 15.4. The Morgan fingerprint density at radius 1 is 0.864 bits per heavy atom. The molecule has 4 aromatic rings. The van der Waals surface area contributed by atoms with Crippen molar-refractivity contribution >= 4 is 70.3 Å². The van der Waals surface area contributed by atoms with Crippen LogP contribution in [0.1, 0.15) is 116 Å². The molecule has 5 aliphatic rings. The van der Waals surface area contributed by atoms with E-state index in [-0.39, 0.29) is 105 Å². The number of nitrogens with zero attached hydrogens (tertiary/aromatic N) is 4. The molecule has 9 rings (SSSR count). The van der Waals surface area contributed by atoms with Gasteiger partial charge in [-0.3, -0.25) is 48.1 Å². The minimum atomic E-state index is -2.02. The summed E-state index contributed by atoms with van der Waals surface area (Å²) in [6.07, 6.45) is 8.59. The number of rotatable bonds is 22. The lowest BCUT2D eigenvalue weighted by Gasteiger charge is -2.31. The third-order valence-corrected chi connectivity index (χ3v) is 15.9. The Labute approximate surface area is 464 Å². The summed E-state index contributed by atoms with van der Waals surface area (Å²) in [6, 6.07) is 10.7. The van der Waals surface area contributed by atoms with Gasteiger partial charge in [0.15, 0.2) is 5.60 Å². The van der Waals surface area contributed by atoms with Crippen molar-refractivity contribution in [2.75, 3.05) is 32.9 Å². The zero-order valence-electron chi connectivity index (χ0n) is 45.0. The van der Waals surface area contributed by atoms with Crippen LogP contribution in [-0.4, -0.2) is 124 Å². The smallest absolute Gasteiger partial charge is 0.343 e. The third-order valence-electron chi connectivity index (χ3n) is 15.9. The number of carbonyl (C=O) groups is 9. The van der Waals surface area contributed by atoms with Gasteiger partial charge in [-0.25, -0.2) is 19.2 Å². The largest absolute Gasteiger partial charge is 0.458 e. The van der Waals surface area contributed by atoms with Gasteiger partial charge >= 0.3 is 5.97 Å². The fraction of sp³-hybridized carbons (Fsp3) is 0.448. The number of cyclic esters (lactones) is 1. The number of imide groups is 1. The molecule has 0 saturated heterocycles. The van der Waals surface area contributed by atoms with E-state index in [1.807, 2.05) is 0 Å². The second-order valence-electron chi connectivity index (χ2n) is 21.0. The van der Waals surface area contributed by atoms with Gasteiger partial charge in [0.1, 0.15) is 25.2 Å². The van der Waals surface area contributed by atoms with Crippen LogP contribution in [-0.2, 0) is 84.2 Å². The standard InChI is InChI=1S/C58H64FN9O13/c1-3-58(79)40-23-44-53-38(29-68(44)56(77)39(40)30-80-57(58)78)51-35(15-18-37-32(2)41(59)24-42(66-53)52(37)51)25-62-54(75)34-13-16-36(17-14-34)81-31-64-47(71)27-63-55(76)43(22-33-10-6-4-7-11-33)65-48(72)28-61-46(70)26-60-45(69)12-8-5-9-21-67-49(73)19-20-50(67)74/h4,6-7,10-11,19-20,23-25,34-36,43,79H,3,5,8-9,12-18,21-22,26-31H2,1-2H3,(H,60,69)(H,61,70)(H,63,76)(H,64,71)(H,65,72)/t34?,35?,36?,43-,58-/m0/s1. The van der Waals surface area contributed by atoms with Gasteiger partial charge in [-0.2, -0.15) is 0 Å². The van der Waals surface area contributed by atoms with Crippen LogP contribution in [0.3, 0.4) is 0 Å². The zero-order valence-corrected chi connectivity index (χ0v) is 45.0. The summed E-state index contributed by atoms with van der Waals surface area (Å²) in [4.78, 5) is 138.